The van der Waals surface area contributed by atoms with E-state index < -0.39 is 0 Å². The molecule has 0 saturated heterocycles. The fraction of sp³-hybridized carbons (Fsp3) is 0.400. The Labute approximate surface area is 74.2 Å². The normalized spacial score (nSPS) is 9.67. The molecule has 0 aliphatic rings. The molecule has 1 aromatic rings. The van der Waals surface area contributed by atoms with Crippen molar-refractivity contribution in [1.29, 1.82) is 0 Å². The van der Waals surface area contributed by atoms with Gasteiger partial charge in [0.1, 0.15) is 0 Å². The minimum Gasteiger partial charge on any atom is -0.388 e. The first-order chi connectivity index (χ1) is 5.65. The molecule has 0 unspecified atom stereocenters. The van der Waals surface area contributed by atoms with Crippen molar-refractivity contribution in [3.63, 3.8) is 0 Å². The third kappa shape index (κ3) is 1.70. The third-order valence-corrected chi connectivity index (χ3v) is 1.97. The van der Waals surface area contributed by atoms with Gasteiger partial charge in [0, 0.05) is 32.5 Å². The van der Waals surface area contributed by atoms with Crippen LogP contribution in [0.3, 0.4) is 0 Å². The van der Waals surface area contributed by atoms with Crippen LogP contribution < -0.4 is 10.2 Å². The zero-order chi connectivity index (χ0) is 9.14. The van der Waals surface area contributed by atoms with Crippen molar-refractivity contribution < 1.29 is 0 Å². The number of nitrogens with zero attached hydrogens (tertiary/aromatic N) is 1. The minimum atomic E-state index is 1.16. The van der Waals surface area contributed by atoms with Gasteiger partial charge in [0.25, 0.3) is 0 Å². The van der Waals surface area contributed by atoms with E-state index in [4.69, 9.17) is 0 Å². The van der Waals surface area contributed by atoms with Gasteiger partial charge in [0.05, 0.1) is 0 Å². The Bertz CT molecular complexity index is 267. The molecule has 0 spiro atoms. The standard InChI is InChI=1S/C10H16N2/c1-8-7-9(11-2)5-6-10(8)12(3)4/h5-7,11H,1-4H3. The molecule has 0 fully saturated rings. The Morgan fingerprint density at radius 1 is 1.25 bits per heavy atom. The maximum atomic E-state index is 3.12. The number of rotatable bonds is 2. The van der Waals surface area contributed by atoms with Crippen LogP contribution in [0.25, 0.3) is 0 Å². The van der Waals surface area contributed by atoms with Gasteiger partial charge in [0.15, 0.2) is 0 Å². The monoisotopic (exact) mass is 164 g/mol. The van der Waals surface area contributed by atoms with Crippen molar-refractivity contribution in [2.45, 2.75) is 6.92 Å². The van der Waals surface area contributed by atoms with E-state index >= 15 is 0 Å². The molecule has 66 valence electrons. The van der Waals surface area contributed by atoms with E-state index in [1.54, 1.807) is 0 Å². The number of hydrogen-bond acceptors (Lipinski definition) is 2. The summed E-state index contributed by atoms with van der Waals surface area (Å²) < 4.78 is 0. The number of aryl methyl sites for hydroxylation is 1. The van der Waals surface area contributed by atoms with Crippen LogP contribution in [0.1, 0.15) is 5.56 Å². The highest BCUT2D eigenvalue weighted by Crippen LogP contribution is 2.21. The zero-order valence-electron chi connectivity index (χ0n) is 8.18. The van der Waals surface area contributed by atoms with Gasteiger partial charge in [-0.1, -0.05) is 0 Å². The molecule has 0 amide bonds. The van der Waals surface area contributed by atoms with Crippen molar-refractivity contribution in [2.24, 2.45) is 0 Å². The molecule has 1 aromatic carbocycles. The van der Waals surface area contributed by atoms with E-state index in [-0.39, 0.29) is 0 Å². The summed E-state index contributed by atoms with van der Waals surface area (Å²) >= 11 is 0. The Morgan fingerprint density at radius 3 is 2.33 bits per heavy atom. The Morgan fingerprint density at radius 2 is 1.92 bits per heavy atom. The average Bonchev–Trinajstić information content (AvgIpc) is 2.03. The van der Waals surface area contributed by atoms with Crippen molar-refractivity contribution >= 4 is 11.4 Å². The second-order valence-corrected chi connectivity index (χ2v) is 3.15. The van der Waals surface area contributed by atoms with Crippen LogP contribution in [0.15, 0.2) is 18.2 Å². The second-order valence-electron chi connectivity index (χ2n) is 3.15. The van der Waals surface area contributed by atoms with Gasteiger partial charge in [0.2, 0.25) is 0 Å². The molecule has 0 aliphatic carbocycles. The van der Waals surface area contributed by atoms with Gasteiger partial charge < -0.3 is 10.2 Å². The van der Waals surface area contributed by atoms with Crippen LogP contribution in [0.2, 0.25) is 0 Å². The topological polar surface area (TPSA) is 15.3 Å². The van der Waals surface area contributed by atoms with Crippen molar-refractivity contribution in [3.8, 4) is 0 Å². The summed E-state index contributed by atoms with van der Waals surface area (Å²) in [5, 5.41) is 3.12. The van der Waals surface area contributed by atoms with Gasteiger partial charge in [-0.05, 0) is 30.7 Å². The fourth-order valence-electron chi connectivity index (χ4n) is 1.31. The highest BCUT2D eigenvalue weighted by molar-refractivity contribution is 5.59. The van der Waals surface area contributed by atoms with E-state index in [9.17, 15) is 0 Å². The molecule has 0 atom stereocenters. The summed E-state index contributed by atoms with van der Waals surface area (Å²) in [6, 6.07) is 6.36. The molecule has 1 N–H and O–H groups in total. The van der Waals surface area contributed by atoms with Crippen LogP contribution in [-0.2, 0) is 0 Å². The van der Waals surface area contributed by atoms with Gasteiger partial charge in [-0.25, -0.2) is 0 Å². The molecule has 0 bridgehead atoms. The van der Waals surface area contributed by atoms with E-state index in [1.807, 2.05) is 7.05 Å². The predicted octanol–water partition coefficient (Wildman–Crippen LogP) is 2.10. The molecule has 12 heavy (non-hydrogen) atoms. The fourth-order valence-corrected chi connectivity index (χ4v) is 1.31. The molecule has 0 heterocycles. The quantitative estimate of drug-likeness (QED) is 0.720. The summed E-state index contributed by atoms with van der Waals surface area (Å²) in [6.45, 7) is 2.12. The third-order valence-electron chi connectivity index (χ3n) is 1.97. The van der Waals surface area contributed by atoms with Crippen LogP contribution in [0.4, 0.5) is 11.4 Å². The lowest BCUT2D eigenvalue weighted by Crippen LogP contribution is -2.10. The highest BCUT2D eigenvalue weighted by atomic mass is 15.1. The molecule has 2 heteroatoms. The van der Waals surface area contributed by atoms with Gasteiger partial charge in [-0.15, -0.1) is 0 Å². The molecular weight excluding hydrogens is 148 g/mol. The molecule has 0 aromatic heterocycles. The summed E-state index contributed by atoms with van der Waals surface area (Å²) in [5.41, 5.74) is 3.74. The molecule has 0 aliphatic heterocycles. The molecule has 0 radical (unpaired) electrons. The first kappa shape index (κ1) is 8.91. The van der Waals surface area contributed by atoms with E-state index in [0.717, 1.165) is 5.69 Å². The number of benzene rings is 1. The Hall–Kier alpha value is -1.18. The SMILES string of the molecule is CNc1ccc(N(C)C)c(C)c1. The number of anilines is 2. The van der Waals surface area contributed by atoms with Crippen LogP contribution in [0.5, 0.6) is 0 Å². The first-order valence-electron chi connectivity index (χ1n) is 4.11. The smallest absolute Gasteiger partial charge is 0.0392 e. The summed E-state index contributed by atoms with van der Waals surface area (Å²) in [6.07, 6.45) is 0. The maximum Gasteiger partial charge on any atom is 0.0392 e. The summed E-state index contributed by atoms with van der Waals surface area (Å²) in [4.78, 5) is 2.12. The van der Waals surface area contributed by atoms with Crippen LogP contribution in [-0.4, -0.2) is 21.1 Å². The molecule has 0 saturated carbocycles. The lowest BCUT2D eigenvalue weighted by molar-refractivity contribution is 1.11. The first-order valence-corrected chi connectivity index (χ1v) is 4.11. The largest absolute Gasteiger partial charge is 0.388 e. The summed E-state index contributed by atoms with van der Waals surface area (Å²) in [7, 11) is 6.05. The van der Waals surface area contributed by atoms with E-state index in [0.29, 0.717) is 0 Å². The lowest BCUT2D eigenvalue weighted by Gasteiger charge is -2.16. The number of nitrogens with one attached hydrogen (secondary N) is 1. The highest BCUT2D eigenvalue weighted by Gasteiger charge is 1.99. The molecular formula is C10H16N2. The number of hydrogen-bond donors (Lipinski definition) is 1. The average molecular weight is 164 g/mol. The summed E-state index contributed by atoms with van der Waals surface area (Å²) in [5.74, 6) is 0. The Balaban J connectivity index is 3.03. The van der Waals surface area contributed by atoms with Crippen molar-refractivity contribution in [1.82, 2.24) is 0 Å². The van der Waals surface area contributed by atoms with Crippen molar-refractivity contribution in [3.05, 3.63) is 23.8 Å². The predicted molar refractivity (Wildman–Crippen MR) is 55.1 cm³/mol. The van der Waals surface area contributed by atoms with Crippen LogP contribution >= 0.6 is 0 Å². The van der Waals surface area contributed by atoms with Gasteiger partial charge in [-0.2, -0.15) is 0 Å². The van der Waals surface area contributed by atoms with Crippen LogP contribution in [0, 0.1) is 6.92 Å². The van der Waals surface area contributed by atoms with Crippen molar-refractivity contribution in [2.75, 3.05) is 31.4 Å². The molecule has 1 rings (SSSR count). The minimum absolute atomic E-state index is 1.16. The van der Waals surface area contributed by atoms with E-state index in [1.165, 1.54) is 11.3 Å². The second kappa shape index (κ2) is 3.48. The van der Waals surface area contributed by atoms with Gasteiger partial charge in [-0.3, -0.25) is 0 Å². The lowest BCUT2D eigenvalue weighted by atomic mass is 10.1. The Kier molecular flexibility index (Phi) is 2.58. The zero-order valence-corrected chi connectivity index (χ0v) is 8.18. The maximum absolute atomic E-state index is 3.12. The van der Waals surface area contributed by atoms with E-state index in [2.05, 4.69) is 49.4 Å². The molecule has 2 nitrogen and oxygen atoms in total. The van der Waals surface area contributed by atoms with Gasteiger partial charge >= 0.3 is 0 Å².